The third kappa shape index (κ3) is 6.62. The van der Waals surface area contributed by atoms with Gasteiger partial charge >= 0.3 is 11.0 Å². The molecule has 0 saturated heterocycles. The van der Waals surface area contributed by atoms with Gasteiger partial charge in [-0.2, -0.15) is 26.3 Å². The molecule has 24 heavy (non-hydrogen) atoms. The van der Waals surface area contributed by atoms with Crippen LogP contribution in [0.15, 0.2) is 18.7 Å². The molecule has 1 rings (SSSR count). The van der Waals surface area contributed by atoms with E-state index in [1.54, 1.807) is 7.11 Å². The predicted octanol–water partition coefficient (Wildman–Crippen LogP) is 0.976. The van der Waals surface area contributed by atoms with E-state index in [9.17, 15) is 43.2 Å². The van der Waals surface area contributed by atoms with Crippen molar-refractivity contribution < 1.29 is 52.5 Å². The molecule has 0 spiro atoms. The first-order valence-corrected chi connectivity index (χ1v) is 8.28. The second-order valence-electron chi connectivity index (χ2n) is 3.93. The number of alkyl halides is 6. The van der Waals surface area contributed by atoms with E-state index in [1.165, 1.54) is 0 Å². The van der Waals surface area contributed by atoms with E-state index in [0.717, 1.165) is 4.13 Å². The third-order valence-electron chi connectivity index (χ3n) is 1.88. The molecule has 0 aliphatic heterocycles. The summed E-state index contributed by atoms with van der Waals surface area (Å²) in [4.78, 5) is 0. The Morgan fingerprint density at radius 3 is 1.71 bits per heavy atom. The summed E-state index contributed by atoms with van der Waals surface area (Å²) >= 11 is 0. The highest BCUT2D eigenvalue weighted by molar-refractivity contribution is 8.13. The lowest BCUT2D eigenvalue weighted by molar-refractivity contribution is -0.671. The van der Waals surface area contributed by atoms with Crippen LogP contribution in [0.2, 0.25) is 0 Å². The molecule has 0 unspecified atom stereocenters. The molecule has 1 heterocycles. The quantitative estimate of drug-likeness (QED) is 0.547. The van der Waals surface area contributed by atoms with Crippen molar-refractivity contribution in [3.63, 3.8) is 0 Å². The predicted molar refractivity (Wildman–Crippen MR) is 65.9 cm³/mol. The van der Waals surface area contributed by atoms with Crippen LogP contribution < -0.4 is 4.57 Å². The number of hydrogen-bond acceptors (Lipinski definition) is 5. The maximum atomic E-state index is 11.4. The van der Waals surface area contributed by atoms with Gasteiger partial charge in [0.05, 0.1) is 7.05 Å². The summed E-state index contributed by atoms with van der Waals surface area (Å²) in [5.41, 5.74) is -12.4. The highest BCUT2D eigenvalue weighted by Crippen LogP contribution is 2.36. The van der Waals surface area contributed by atoms with Crippen LogP contribution in [0.4, 0.5) is 26.3 Å². The first-order chi connectivity index (χ1) is 10.5. The highest BCUT2D eigenvalue weighted by Gasteiger charge is 2.46. The Bertz CT molecular complexity index is 695. The highest BCUT2D eigenvalue weighted by atomic mass is 32.3. The average molecular weight is 407 g/mol. The minimum Gasteiger partial charge on any atom is -0.421 e. The number of methoxy groups -OCH3 is 1. The van der Waals surface area contributed by atoms with E-state index >= 15 is 0 Å². The Labute approximate surface area is 132 Å². The summed E-state index contributed by atoms with van der Waals surface area (Å²) < 4.78 is 118. The van der Waals surface area contributed by atoms with Crippen molar-refractivity contribution in [2.45, 2.75) is 17.7 Å². The van der Waals surface area contributed by atoms with Gasteiger partial charge in [-0.15, -0.1) is 0 Å². The van der Waals surface area contributed by atoms with Crippen LogP contribution >= 0.6 is 0 Å². The van der Waals surface area contributed by atoms with Gasteiger partial charge in [-0.3, -0.25) is 0 Å². The maximum absolute atomic E-state index is 11.4. The molecule has 0 aliphatic carbocycles. The van der Waals surface area contributed by atoms with Crippen LogP contribution in [0.3, 0.4) is 0 Å². The first kappa shape index (κ1) is 22.6. The van der Waals surface area contributed by atoms with Gasteiger partial charge in [0.15, 0.2) is 26.8 Å². The number of rotatable bonds is 4. The zero-order valence-corrected chi connectivity index (χ0v) is 13.5. The Hall–Kier alpha value is -1.39. The minimum atomic E-state index is -6.72. The van der Waals surface area contributed by atoms with Gasteiger partial charge in [-0.1, -0.05) is 0 Å². The van der Waals surface area contributed by atoms with Crippen molar-refractivity contribution in [1.29, 1.82) is 0 Å². The van der Waals surface area contributed by atoms with Crippen molar-refractivity contribution in [1.82, 2.24) is 4.57 Å². The van der Waals surface area contributed by atoms with Crippen LogP contribution in [-0.4, -0.2) is 39.5 Å². The average Bonchev–Trinajstić information content (AvgIpc) is 2.72. The standard InChI is InChI=1S/C6H11N2O.C2F6NO4S2/c1-7-3-4-8(5-7)6-9-2;3-1(4,5)14(10,11)9-15(12,13)2(6,7)8/h3-5H,6H2,1-2H3;/q+1;-1. The number of sulfonamides is 2. The van der Waals surface area contributed by atoms with Gasteiger partial charge in [-0.25, -0.2) is 26.0 Å². The topological polar surface area (TPSA) is 100 Å². The SMILES string of the molecule is COCn1cc[n+](C)c1.O=S(=O)([N-]S(=O)(=O)C(F)(F)F)C(F)(F)F. The Kier molecular flexibility index (Phi) is 7.22. The maximum Gasteiger partial charge on any atom is 0.480 e. The number of hydrogen-bond donors (Lipinski definition) is 0. The number of nitrogens with zero attached hydrogens (tertiary/aromatic N) is 3. The number of halogens is 6. The monoisotopic (exact) mass is 407 g/mol. The van der Waals surface area contributed by atoms with Gasteiger partial charge in [0.2, 0.25) is 6.33 Å². The molecule has 0 atom stereocenters. The van der Waals surface area contributed by atoms with Crippen LogP contribution in [0, 0.1) is 0 Å². The molecule has 0 aliphatic rings. The lowest BCUT2D eigenvalue weighted by Gasteiger charge is -2.22. The molecule has 142 valence electrons. The summed E-state index contributed by atoms with van der Waals surface area (Å²) in [7, 11) is -9.78. The van der Waals surface area contributed by atoms with Gasteiger partial charge in [-0.05, 0) is 0 Å². The second kappa shape index (κ2) is 7.66. The van der Waals surface area contributed by atoms with Crippen molar-refractivity contribution >= 4 is 20.0 Å². The van der Waals surface area contributed by atoms with Crippen LogP contribution in [0.25, 0.3) is 4.13 Å². The molecule has 0 bridgehead atoms. The van der Waals surface area contributed by atoms with E-state index in [2.05, 4.69) is 0 Å². The van der Waals surface area contributed by atoms with Crippen molar-refractivity contribution in [3.05, 3.63) is 22.8 Å². The van der Waals surface area contributed by atoms with Crippen molar-refractivity contribution in [2.24, 2.45) is 7.05 Å². The molecule has 0 radical (unpaired) electrons. The lowest BCUT2D eigenvalue weighted by Crippen LogP contribution is -2.30. The summed E-state index contributed by atoms with van der Waals surface area (Å²) in [6.45, 7) is 0.626. The number of aromatic nitrogens is 2. The third-order valence-corrected chi connectivity index (χ3v) is 4.62. The van der Waals surface area contributed by atoms with Gasteiger partial charge in [0.1, 0.15) is 12.4 Å². The smallest absolute Gasteiger partial charge is 0.421 e. The molecule has 1 aromatic rings. The molecule has 0 N–H and O–H groups in total. The molecule has 8 nitrogen and oxygen atoms in total. The van der Waals surface area contributed by atoms with Crippen LogP contribution in [-0.2, 0) is 38.6 Å². The van der Waals surface area contributed by atoms with E-state index in [-0.39, 0.29) is 0 Å². The summed E-state index contributed by atoms with van der Waals surface area (Å²) in [6, 6.07) is 0. The first-order valence-electron chi connectivity index (χ1n) is 5.40. The van der Waals surface area contributed by atoms with Crippen molar-refractivity contribution in [3.8, 4) is 0 Å². The van der Waals surface area contributed by atoms with Gasteiger partial charge in [0.25, 0.3) is 0 Å². The molecule has 1 aromatic heterocycles. The van der Waals surface area contributed by atoms with E-state index in [0.29, 0.717) is 6.73 Å². The summed E-state index contributed by atoms with van der Waals surface area (Å²) in [5.74, 6) is 0. The fourth-order valence-electron chi connectivity index (χ4n) is 0.941. The molecule has 0 saturated carbocycles. The van der Waals surface area contributed by atoms with Gasteiger partial charge in [0, 0.05) is 7.11 Å². The Morgan fingerprint density at radius 2 is 1.46 bits per heavy atom. The zero-order chi connectivity index (χ0) is 19.4. The van der Waals surface area contributed by atoms with Crippen molar-refractivity contribution in [2.75, 3.05) is 7.11 Å². The zero-order valence-electron chi connectivity index (χ0n) is 11.9. The molecule has 0 fully saturated rings. The van der Waals surface area contributed by atoms with Crippen LogP contribution in [0.5, 0.6) is 0 Å². The number of ether oxygens (including phenoxy) is 1. The normalized spacial score (nSPS) is 13.3. The summed E-state index contributed by atoms with van der Waals surface area (Å²) in [6.07, 6.45) is 5.89. The molecular formula is C8H11F6N3O5S2. The Balaban J connectivity index is 0.000000496. The molecule has 0 aromatic carbocycles. The Morgan fingerprint density at radius 1 is 1.04 bits per heavy atom. The largest absolute Gasteiger partial charge is 0.480 e. The fraction of sp³-hybridized carbons (Fsp3) is 0.625. The number of aryl methyl sites for hydroxylation is 1. The fourth-order valence-corrected chi connectivity index (χ4v) is 2.65. The molecule has 0 amide bonds. The molecule has 16 heteroatoms. The lowest BCUT2D eigenvalue weighted by atomic mass is 10.9. The second-order valence-corrected chi connectivity index (χ2v) is 7.35. The molecular weight excluding hydrogens is 396 g/mol. The minimum absolute atomic E-state index is 0.626. The van der Waals surface area contributed by atoms with E-state index in [1.807, 2.05) is 34.9 Å². The van der Waals surface area contributed by atoms with E-state index < -0.39 is 31.1 Å². The van der Waals surface area contributed by atoms with Crippen LogP contribution in [0.1, 0.15) is 0 Å². The van der Waals surface area contributed by atoms with Gasteiger partial charge < -0.3 is 8.86 Å². The summed E-state index contributed by atoms with van der Waals surface area (Å²) in [5, 5.41) is 0. The number of imidazole rings is 1. The van der Waals surface area contributed by atoms with E-state index in [4.69, 9.17) is 4.74 Å².